The Balaban J connectivity index is 2.03. The van der Waals surface area contributed by atoms with Crippen LogP contribution in [0.2, 0.25) is 0 Å². The van der Waals surface area contributed by atoms with Gasteiger partial charge in [0.2, 0.25) is 5.78 Å². The fraction of sp³-hybridized carbons (Fsp3) is 0.0667. The largest absolute Gasteiger partial charge is 0.454 e. The van der Waals surface area contributed by atoms with Crippen molar-refractivity contribution in [3.05, 3.63) is 67.7 Å². The number of ether oxygens (including phenoxy) is 1. The molecule has 3 nitrogen and oxygen atoms in total. The van der Waals surface area contributed by atoms with Crippen LogP contribution in [0.5, 0.6) is 0 Å². The standard InChI is InChI=1S/C15H10BrIO3/c16-12-7-3-1-5-10(12)14(18)9-20-15(19)11-6-2-4-8-13(11)17/h1-8H,9H2. The first kappa shape index (κ1) is 15.2. The molecule has 0 saturated carbocycles. The molecule has 0 aliphatic heterocycles. The van der Waals surface area contributed by atoms with E-state index in [1.165, 1.54) is 0 Å². The molecule has 0 radical (unpaired) electrons. The van der Waals surface area contributed by atoms with E-state index in [0.717, 1.165) is 3.57 Å². The van der Waals surface area contributed by atoms with Gasteiger partial charge in [0.25, 0.3) is 0 Å². The second-order valence-corrected chi connectivity index (χ2v) is 5.98. The highest BCUT2D eigenvalue weighted by Gasteiger charge is 2.15. The smallest absolute Gasteiger partial charge is 0.339 e. The fourth-order valence-electron chi connectivity index (χ4n) is 1.60. The lowest BCUT2D eigenvalue weighted by Gasteiger charge is -2.06. The minimum atomic E-state index is -0.490. The molecular formula is C15H10BrIO3. The third kappa shape index (κ3) is 3.67. The Morgan fingerprint density at radius 1 is 1.00 bits per heavy atom. The Morgan fingerprint density at radius 3 is 2.25 bits per heavy atom. The summed E-state index contributed by atoms with van der Waals surface area (Å²) in [5, 5.41) is 0. The summed E-state index contributed by atoms with van der Waals surface area (Å²) >= 11 is 5.35. The maximum atomic E-state index is 12.0. The van der Waals surface area contributed by atoms with E-state index in [4.69, 9.17) is 4.74 Å². The van der Waals surface area contributed by atoms with Crippen LogP contribution < -0.4 is 0 Å². The molecule has 2 aromatic rings. The molecule has 0 atom stereocenters. The van der Waals surface area contributed by atoms with Gasteiger partial charge >= 0.3 is 5.97 Å². The van der Waals surface area contributed by atoms with Crippen LogP contribution in [0.15, 0.2) is 53.0 Å². The Morgan fingerprint density at radius 2 is 1.60 bits per heavy atom. The van der Waals surface area contributed by atoms with Crippen molar-refractivity contribution in [2.75, 3.05) is 6.61 Å². The molecule has 0 saturated heterocycles. The van der Waals surface area contributed by atoms with E-state index in [0.29, 0.717) is 15.6 Å². The van der Waals surface area contributed by atoms with Gasteiger partial charge in [0, 0.05) is 13.6 Å². The zero-order valence-electron chi connectivity index (χ0n) is 10.3. The van der Waals surface area contributed by atoms with Gasteiger partial charge in [-0.05, 0) is 40.8 Å². The molecule has 5 heteroatoms. The Bertz CT molecular complexity index is 598. The average Bonchev–Trinajstić information content (AvgIpc) is 2.45. The lowest BCUT2D eigenvalue weighted by atomic mass is 10.1. The molecule has 0 aliphatic carbocycles. The van der Waals surface area contributed by atoms with E-state index in [-0.39, 0.29) is 12.4 Å². The lowest BCUT2D eigenvalue weighted by molar-refractivity contribution is 0.0473. The molecule has 2 rings (SSSR count). The molecule has 20 heavy (non-hydrogen) atoms. The van der Waals surface area contributed by atoms with Gasteiger partial charge < -0.3 is 4.74 Å². The summed E-state index contributed by atoms with van der Waals surface area (Å²) in [5.74, 6) is -0.729. The first-order chi connectivity index (χ1) is 9.59. The van der Waals surface area contributed by atoms with Gasteiger partial charge in [-0.15, -0.1) is 0 Å². The first-order valence-corrected chi connectivity index (χ1v) is 7.66. The van der Waals surface area contributed by atoms with Crippen molar-refractivity contribution in [1.82, 2.24) is 0 Å². The number of carbonyl (C=O) groups is 2. The summed E-state index contributed by atoms with van der Waals surface area (Å²) in [7, 11) is 0. The van der Waals surface area contributed by atoms with Gasteiger partial charge in [0.1, 0.15) is 0 Å². The highest BCUT2D eigenvalue weighted by molar-refractivity contribution is 14.1. The molecule has 0 aliphatic rings. The Hall–Kier alpha value is -1.21. The van der Waals surface area contributed by atoms with Crippen LogP contribution in [0.4, 0.5) is 0 Å². The van der Waals surface area contributed by atoms with Crippen molar-refractivity contribution in [2.24, 2.45) is 0 Å². The van der Waals surface area contributed by atoms with Crippen molar-refractivity contribution in [2.45, 2.75) is 0 Å². The maximum absolute atomic E-state index is 12.0. The van der Waals surface area contributed by atoms with Gasteiger partial charge in [-0.25, -0.2) is 4.79 Å². The van der Waals surface area contributed by atoms with E-state index in [1.54, 1.807) is 30.3 Å². The van der Waals surface area contributed by atoms with E-state index < -0.39 is 5.97 Å². The number of rotatable bonds is 4. The molecule has 0 N–H and O–H groups in total. The second-order valence-electron chi connectivity index (χ2n) is 3.96. The summed E-state index contributed by atoms with van der Waals surface area (Å²) in [6.07, 6.45) is 0. The molecule has 2 aromatic carbocycles. The number of ketones is 1. The van der Waals surface area contributed by atoms with Gasteiger partial charge in [-0.2, -0.15) is 0 Å². The van der Waals surface area contributed by atoms with Gasteiger partial charge in [0.05, 0.1) is 5.56 Å². The summed E-state index contributed by atoms with van der Waals surface area (Å²) in [5.41, 5.74) is 0.969. The highest BCUT2D eigenvalue weighted by Crippen LogP contribution is 2.17. The van der Waals surface area contributed by atoms with Crippen LogP contribution >= 0.6 is 38.5 Å². The van der Waals surface area contributed by atoms with Gasteiger partial charge in [0.15, 0.2) is 6.61 Å². The summed E-state index contributed by atoms with van der Waals surface area (Å²) in [6, 6.07) is 14.1. The number of benzene rings is 2. The summed E-state index contributed by atoms with van der Waals surface area (Å²) in [6.45, 7) is -0.271. The maximum Gasteiger partial charge on any atom is 0.339 e. The third-order valence-corrected chi connectivity index (χ3v) is 4.23. The SMILES string of the molecule is O=C(COC(=O)c1ccccc1I)c1ccccc1Br. The lowest BCUT2D eigenvalue weighted by Crippen LogP contribution is -2.15. The molecule has 0 spiro atoms. The highest BCUT2D eigenvalue weighted by atomic mass is 127. The Labute approximate surface area is 138 Å². The third-order valence-electron chi connectivity index (χ3n) is 2.60. The van der Waals surface area contributed by atoms with Crippen LogP contribution in [0.1, 0.15) is 20.7 Å². The minimum absolute atomic E-state index is 0.239. The van der Waals surface area contributed by atoms with Crippen LogP contribution in [-0.2, 0) is 4.74 Å². The number of hydrogen-bond acceptors (Lipinski definition) is 3. The molecule has 102 valence electrons. The predicted octanol–water partition coefficient (Wildman–Crippen LogP) is 4.09. The Kier molecular flexibility index (Phi) is 5.31. The number of Topliss-reactive ketones (excluding diaryl/α,β-unsaturated/α-hetero) is 1. The zero-order valence-corrected chi connectivity index (χ0v) is 14.1. The van der Waals surface area contributed by atoms with Gasteiger partial charge in [-0.3, -0.25) is 4.79 Å². The molecular weight excluding hydrogens is 435 g/mol. The predicted molar refractivity (Wildman–Crippen MR) is 87.9 cm³/mol. The molecule has 0 heterocycles. The van der Waals surface area contributed by atoms with Crippen LogP contribution in [-0.4, -0.2) is 18.4 Å². The number of hydrogen-bond donors (Lipinski definition) is 0. The molecule has 0 fully saturated rings. The molecule has 0 amide bonds. The normalized spacial score (nSPS) is 10.1. The van der Waals surface area contributed by atoms with E-state index in [2.05, 4.69) is 38.5 Å². The fourth-order valence-corrected chi connectivity index (χ4v) is 2.71. The second kappa shape index (κ2) is 6.99. The van der Waals surface area contributed by atoms with Crippen LogP contribution in [0.3, 0.4) is 0 Å². The van der Waals surface area contributed by atoms with Crippen LogP contribution in [0.25, 0.3) is 0 Å². The average molecular weight is 445 g/mol. The number of esters is 1. The van der Waals surface area contributed by atoms with Crippen LogP contribution in [0, 0.1) is 3.57 Å². The van der Waals surface area contributed by atoms with E-state index in [1.807, 2.05) is 18.2 Å². The van der Waals surface area contributed by atoms with E-state index in [9.17, 15) is 9.59 Å². The quantitative estimate of drug-likeness (QED) is 0.405. The number of halogens is 2. The first-order valence-electron chi connectivity index (χ1n) is 5.79. The van der Waals surface area contributed by atoms with Crippen molar-refractivity contribution in [1.29, 1.82) is 0 Å². The van der Waals surface area contributed by atoms with Crippen molar-refractivity contribution < 1.29 is 14.3 Å². The molecule has 0 aromatic heterocycles. The molecule has 0 bridgehead atoms. The zero-order chi connectivity index (χ0) is 14.5. The summed E-state index contributed by atoms with van der Waals surface area (Å²) in [4.78, 5) is 23.9. The minimum Gasteiger partial charge on any atom is -0.454 e. The topological polar surface area (TPSA) is 43.4 Å². The summed E-state index contributed by atoms with van der Waals surface area (Å²) < 4.78 is 6.55. The molecule has 0 unspecified atom stereocenters. The van der Waals surface area contributed by atoms with Crippen molar-refractivity contribution >= 4 is 50.3 Å². The number of carbonyl (C=O) groups excluding carboxylic acids is 2. The van der Waals surface area contributed by atoms with Gasteiger partial charge in [-0.1, -0.05) is 46.3 Å². The van der Waals surface area contributed by atoms with Crippen molar-refractivity contribution in [3.8, 4) is 0 Å². The van der Waals surface area contributed by atoms with Crippen molar-refractivity contribution in [3.63, 3.8) is 0 Å². The monoisotopic (exact) mass is 444 g/mol. The van der Waals surface area contributed by atoms with E-state index >= 15 is 0 Å².